The van der Waals surface area contributed by atoms with Gasteiger partial charge in [0.2, 0.25) is 5.91 Å². The number of carbonyl (C=O) groups excluding carboxylic acids is 2. The number of aryl methyl sites for hydroxylation is 1. The fraction of sp³-hybridized carbons (Fsp3) is 0.190. The van der Waals surface area contributed by atoms with Crippen LogP contribution in [-0.2, 0) is 16.2 Å². The lowest BCUT2D eigenvalue weighted by atomic mass is 10.1. The molecule has 0 aliphatic carbocycles. The monoisotopic (exact) mass is 428 g/mol. The van der Waals surface area contributed by atoms with Crippen LogP contribution in [0.2, 0.25) is 0 Å². The lowest BCUT2D eigenvalue weighted by molar-refractivity contribution is -0.131. The summed E-state index contributed by atoms with van der Waals surface area (Å²) in [5.41, 5.74) is 5.43. The number of benzene rings is 2. The summed E-state index contributed by atoms with van der Waals surface area (Å²) in [5.74, 6) is 0.437. The maximum atomic E-state index is 12.4. The molecular weight excluding hydrogens is 408 g/mol. The lowest BCUT2D eigenvalue weighted by Crippen LogP contribution is -2.43. The zero-order valence-electron chi connectivity index (χ0n) is 16.2. The summed E-state index contributed by atoms with van der Waals surface area (Å²) in [6.45, 7) is 3.78. The third kappa shape index (κ3) is 5.16. The van der Waals surface area contributed by atoms with E-state index in [1.54, 1.807) is 25.3 Å². The first-order valence-electron chi connectivity index (χ1n) is 8.79. The number of thiocarbonyl (C=S) groups is 1. The number of carbonyl (C=O) groups is 2. The van der Waals surface area contributed by atoms with E-state index >= 15 is 0 Å². The minimum atomic E-state index is -0.367. The molecule has 0 unspecified atom stereocenters. The van der Waals surface area contributed by atoms with E-state index in [4.69, 9.17) is 21.7 Å². The number of nitrogens with one attached hydrogen (secondary N) is 1. The highest BCUT2D eigenvalue weighted by Gasteiger charge is 2.33. The van der Waals surface area contributed by atoms with Crippen molar-refractivity contribution in [1.29, 1.82) is 0 Å². The number of nitrogens with zero attached hydrogens (tertiary/aromatic N) is 1. The number of hydrazine groups is 1. The molecule has 2 aromatic carbocycles. The molecule has 1 fully saturated rings. The van der Waals surface area contributed by atoms with Crippen LogP contribution in [0.3, 0.4) is 0 Å². The summed E-state index contributed by atoms with van der Waals surface area (Å²) in [4.78, 5) is 24.1. The standard InChI is InChI=1S/C21H20N2O4S2/c1-13-4-6-15(7-5-13)12-27-17-9-8-16(10-18(17)26-3)11-19-20(25)23(21(28)29-19)22-14(2)24/h4-11H,12H2,1-3H3,(H,22,24)/b19-11-. The van der Waals surface area contributed by atoms with Crippen molar-refractivity contribution in [2.24, 2.45) is 0 Å². The van der Waals surface area contributed by atoms with Crippen molar-refractivity contribution in [2.75, 3.05) is 7.11 Å². The molecule has 29 heavy (non-hydrogen) atoms. The minimum absolute atomic E-state index is 0.279. The van der Waals surface area contributed by atoms with Crippen LogP contribution >= 0.6 is 24.0 Å². The molecule has 0 spiro atoms. The van der Waals surface area contributed by atoms with Gasteiger partial charge in [0, 0.05) is 6.92 Å². The van der Waals surface area contributed by atoms with E-state index in [0.29, 0.717) is 23.0 Å². The Morgan fingerprint density at radius 2 is 1.93 bits per heavy atom. The van der Waals surface area contributed by atoms with Gasteiger partial charge in [-0.1, -0.05) is 47.7 Å². The molecule has 3 rings (SSSR count). The van der Waals surface area contributed by atoms with Gasteiger partial charge >= 0.3 is 0 Å². The number of thioether (sulfide) groups is 1. The Hall–Kier alpha value is -2.84. The van der Waals surface area contributed by atoms with E-state index in [1.165, 1.54) is 12.5 Å². The van der Waals surface area contributed by atoms with E-state index in [0.717, 1.165) is 27.9 Å². The summed E-state index contributed by atoms with van der Waals surface area (Å²) in [6, 6.07) is 13.5. The Bertz CT molecular complexity index is 987. The van der Waals surface area contributed by atoms with Gasteiger partial charge in [-0.2, -0.15) is 5.01 Å². The molecule has 0 aromatic heterocycles. The highest BCUT2D eigenvalue weighted by molar-refractivity contribution is 8.26. The maximum Gasteiger partial charge on any atom is 0.285 e. The van der Waals surface area contributed by atoms with Crippen LogP contribution in [0.25, 0.3) is 6.08 Å². The van der Waals surface area contributed by atoms with E-state index in [9.17, 15) is 9.59 Å². The average Bonchev–Trinajstić information content (AvgIpc) is 2.95. The first-order valence-corrected chi connectivity index (χ1v) is 10.0. The summed E-state index contributed by atoms with van der Waals surface area (Å²) < 4.78 is 11.6. The average molecular weight is 429 g/mol. The van der Waals surface area contributed by atoms with E-state index < -0.39 is 0 Å². The molecule has 1 aliphatic rings. The lowest BCUT2D eigenvalue weighted by Gasteiger charge is -2.13. The minimum Gasteiger partial charge on any atom is -0.493 e. The van der Waals surface area contributed by atoms with Gasteiger partial charge in [-0.15, -0.1) is 0 Å². The molecule has 0 bridgehead atoms. The van der Waals surface area contributed by atoms with Crippen molar-refractivity contribution in [3.8, 4) is 11.5 Å². The molecule has 6 nitrogen and oxygen atoms in total. The largest absolute Gasteiger partial charge is 0.493 e. The van der Waals surface area contributed by atoms with Gasteiger partial charge in [-0.25, -0.2) is 0 Å². The molecule has 8 heteroatoms. The highest BCUT2D eigenvalue weighted by Crippen LogP contribution is 2.34. The first kappa shape index (κ1) is 20.9. The Morgan fingerprint density at radius 3 is 2.59 bits per heavy atom. The van der Waals surface area contributed by atoms with Gasteiger partial charge in [0.05, 0.1) is 12.0 Å². The van der Waals surface area contributed by atoms with Crippen molar-refractivity contribution in [1.82, 2.24) is 10.4 Å². The second-order valence-electron chi connectivity index (χ2n) is 6.37. The summed E-state index contributed by atoms with van der Waals surface area (Å²) in [7, 11) is 1.56. The Morgan fingerprint density at radius 1 is 1.21 bits per heavy atom. The van der Waals surface area contributed by atoms with Crippen LogP contribution in [0.5, 0.6) is 11.5 Å². The number of hydrogen-bond donors (Lipinski definition) is 1. The summed E-state index contributed by atoms with van der Waals surface area (Å²) in [5, 5.41) is 1.07. The normalized spacial score (nSPS) is 15.0. The summed E-state index contributed by atoms with van der Waals surface area (Å²) in [6.07, 6.45) is 1.70. The number of rotatable bonds is 6. The van der Waals surface area contributed by atoms with Crippen LogP contribution < -0.4 is 14.9 Å². The van der Waals surface area contributed by atoms with Crippen molar-refractivity contribution in [2.45, 2.75) is 20.5 Å². The third-order valence-electron chi connectivity index (χ3n) is 4.06. The number of ether oxygens (including phenoxy) is 2. The molecule has 1 heterocycles. The van der Waals surface area contributed by atoms with Gasteiger partial charge in [0.25, 0.3) is 5.91 Å². The fourth-order valence-corrected chi connectivity index (χ4v) is 3.79. The Balaban J connectivity index is 1.75. The smallest absolute Gasteiger partial charge is 0.285 e. The number of methoxy groups -OCH3 is 1. The van der Waals surface area contributed by atoms with Crippen molar-refractivity contribution >= 4 is 46.2 Å². The van der Waals surface area contributed by atoms with Crippen LogP contribution in [0.15, 0.2) is 47.4 Å². The molecule has 1 saturated heterocycles. The van der Waals surface area contributed by atoms with E-state index in [1.807, 2.05) is 37.3 Å². The second-order valence-corrected chi connectivity index (χ2v) is 8.05. The Labute approximate surface area is 178 Å². The number of amides is 2. The predicted molar refractivity (Wildman–Crippen MR) is 117 cm³/mol. The molecule has 0 saturated carbocycles. The zero-order chi connectivity index (χ0) is 21.0. The van der Waals surface area contributed by atoms with Gasteiger partial charge in [0.15, 0.2) is 15.8 Å². The molecule has 1 N–H and O–H groups in total. The molecule has 2 aromatic rings. The molecule has 1 aliphatic heterocycles. The van der Waals surface area contributed by atoms with Crippen LogP contribution in [0, 0.1) is 6.92 Å². The maximum absolute atomic E-state index is 12.4. The van der Waals surface area contributed by atoms with Crippen molar-refractivity contribution in [3.05, 3.63) is 64.1 Å². The number of hydrogen-bond acceptors (Lipinski definition) is 6. The van der Waals surface area contributed by atoms with Crippen LogP contribution in [-0.4, -0.2) is 28.3 Å². The van der Waals surface area contributed by atoms with Crippen molar-refractivity contribution < 1.29 is 19.1 Å². The Kier molecular flexibility index (Phi) is 6.56. The molecule has 150 valence electrons. The second kappa shape index (κ2) is 9.11. The predicted octanol–water partition coefficient (Wildman–Crippen LogP) is 3.83. The topological polar surface area (TPSA) is 67.9 Å². The van der Waals surface area contributed by atoms with Gasteiger partial charge in [-0.3, -0.25) is 15.0 Å². The van der Waals surface area contributed by atoms with E-state index in [2.05, 4.69) is 5.43 Å². The fourth-order valence-electron chi connectivity index (χ4n) is 2.61. The van der Waals surface area contributed by atoms with Gasteiger partial charge in [-0.05, 0) is 48.5 Å². The quantitative estimate of drug-likeness (QED) is 0.557. The van der Waals surface area contributed by atoms with Gasteiger partial charge < -0.3 is 9.47 Å². The van der Waals surface area contributed by atoms with E-state index in [-0.39, 0.29) is 16.1 Å². The SMILES string of the molecule is COc1cc(/C=C2\SC(=S)N(NC(C)=O)C2=O)ccc1OCc1ccc(C)cc1. The molecule has 0 atom stereocenters. The van der Waals surface area contributed by atoms with Crippen LogP contribution in [0.1, 0.15) is 23.6 Å². The molecule has 2 amide bonds. The zero-order valence-corrected chi connectivity index (χ0v) is 17.9. The summed E-state index contributed by atoms with van der Waals surface area (Å²) >= 11 is 6.28. The van der Waals surface area contributed by atoms with Crippen molar-refractivity contribution in [3.63, 3.8) is 0 Å². The van der Waals surface area contributed by atoms with Crippen LogP contribution in [0.4, 0.5) is 0 Å². The third-order valence-corrected chi connectivity index (χ3v) is 5.37. The highest BCUT2D eigenvalue weighted by atomic mass is 32.2. The van der Waals surface area contributed by atoms with Gasteiger partial charge in [0.1, 0.15) is 6.61 Å². The first-order chi connectivity index (χ1) is 13.9. The molecular formula is C21H20N2O4S2. The molecule has 0 radical (unpaired) electrons.